The summed E-state index contributed by atoms with van der Waals surface area (Å²) in [5, 5.41) is 12.0. The van der Waals surface area contributed by atoms with Crippen molar-refractivity contribution >= 4 is 11.5 Å². The fourth-order valence-electron chi connectivity index (χ4n) is 1.57. The van der Waals surface area contributed by atoms with Crippen LogP contribution >= 0.6 is 0 Å². The summed E-state index contributed by atoms with van der Waals surface area (Å²) in [6, 6.07) is 3.87. The van der Waals surface area contributed by atoms with Crippen LogP contribution < -0.4 is 15.8 Å². The lowest BCUT2D eigenvalue weighted by Gasteiger charge is -2.16. The third-order valence-corrected chi connectivity index (χ3v) is 2.43. The van der Waals surface area contributed by atoms with Crippen molar-refractivity contribution in [3.63, 3.8) is 0 Å². The van der Waals surface area contributed by atoms with E-state index < -0.39 is 0 Å². The molecule has 0 amide bonds. The molecule has 0 aromatic carbocycles. The highest BCUT2D eigenvalue weighted by Gasteiger charge is 2.08. The molecular formula is C13H23N3O2. The van der Waals surface area contributed by atoms with E-state index in [0.29, 0.717) is 11.6 Å². The number of aliphatic hydroxyl groups is 1. The Kier molecular flexibility index (Phi) is 5.71. The van der Waals surface area contributed by atoms with Crippen molar-refractivity contribution < 1.29 is 9.84 Å². The van der Waals surface area contributed by atoms with E-state index in [1.165, 1.54) is 0 Å². The minimum atomic E-state index is 0.0434. The van der Waals surface area contributed by atoms with Gasteiger partial charge in [0.15, 0.2) is 0 Å². The Morgan fingerprint density at radius 2 is 2.11 bits per heavy atom. The van der Waals surface area contributed by atoms with E-state index in [1.54, 1.807) is 6.07 Å². The molecule has 1 unspecified atom stereocenters. The van der Waals surface area contributed by atoms with Crippen molar-refractivity contribution in [2.24, 2.45) is 0 Å². The first-order valence-electron chi connectivity index (χ1n) is 6.33. The van der Waals surface area contributed by atoms with Gasteiger partial charge in [-0.2, -0.15) is 4.98 Å². The molecule has 18 heavy (non-hydrogen) atoms. The normalized spacial score (nSPS) is 12.5. The molecule has 1 aromatic heterocycles. The summed E-state index contributed by atoms with van der Waals surface area (Å²) in [5.41, 5.74) is 6.34. The standard InChI is InChI=1S/C13H23N3O2/c1-9(2)18-13-11(14)6-7-12(16-13)15-10(3)5-4-8-17/h6-7,9-10,17H,4-5,8,14H2,1-3H3,(H,15,16). The number of nitrogens with one attached hydrogen (secondary N) is 1. The van der Waals surface area contributed by atoms with E-state index in [0.717, 1.165) is 18.7 Å². The largest absolute Gasteiger partial charge is 0.473 e. The molecule has 1 heterocycles. The molecule has 0 saturated carbocycles. The van der Waals surface area contributed by atoms with Gasteiger partial charge in [-0.25, -0.2) is 0 Å². The lowest BCUT2D eigenvalue weighted by molar-refractivity contribution is 0.234. The van der Waals surface area contributed by atoms with E-state index in [9.17, 15) is 0 Å². The van der Waals surface area contributed by atoms with Gasteiger partial charge in [0.05, 0.1) is 11.8 Å². The maximum atomic E-state index is 8.78. The average Bonchev–Trinajstić information content (AvgIpc) is 2.30. The van der Waals surface area contributed by atoms with Crippen LogP contribution in [0.2, 0.25) is 0 Å². The summed E-state index contributed by atoms with van der Waals surface area (Å²) < 4.78 is 5.53. The molecule has 0 fully saturated rings. The number of aromatic nitrogens is 1. The van der Waals surface area contributed by atoms with Crippen molar-refractivity contribution in [3.8, 4) is 5.88 Å². The molecule has 0 spiro atoms. The number of nitrogens with zero attached hydrogens (tertiary/aromatic N) is 1. The minimum absolute atomic E-state index is 0.0434. The van der Waals surface area contributed by atoms with Crippen LogP contribution in [0.3, 0.4) is 0 Å². The highest BCUT2D eigenvalue weighted by atomic mass is 16.5. The van der Waals surface area contributed by atoms with Gasteiger partial charge in [-0.15, -0.1) is 0 Å². The third-order valence-electron chi connectivity index (χ3n) is 2.43. The molecule has 5 heteroatoms. The van der Waals surface area contributed by atoms with Gasteiger partial charge >= 0.3 is 0 Å². The zero-order valence-electron chi connectivity index (χ0n) is 11.3. The number of hydrogen-bond donors (Lipinski definition) is 3. The van der Waals surface area contributed by atoms with E-state index in [4.69, 9.17) is 15.6 Å². The number of rotatable bonds is 7. The number of pyridine rings is 1. The predicted octanol–water partition coefficient (Wildman–Crippen LogP) is 2.02. The highest BCUT2D eigenvalue weighted by Crippen LogP contribution is 2.22. The SMILES string of the molecule is CC(CCCO)Nc1ccc(N)c(OC(C)C)n1. The number of ether oxygens (including phenoxy) is 1. The van der Waals surface area contributed by atoms with Gasteiger partial charge in [0.25, 0.3) is 0 Å². The second-order valence-corrected chi connectivity index (χ2v) is 4.67. The average molecular weight is 253 g/mol. The Hall–Kier alpha value is -1.49. The Bertz CT molecular complexity index is 369. The van der Waals surface area contributed by atoms with Crippen LogP contribution in [0.1, 0.15) is 33.6 Å². The van der Waals surface area contributed by atoms with Crippen LogP contribution in [0.4, 0.5) is 11.5 Å². The zero-order valence-corrected chi connectivity index (χ0v) is 11.3. The fraction of sp³-hybridized carbons (Fsp3) is 0.615. The van der Waals surface area contributed by atoms with Gasteiger partial charge in [0.1, 0.15) is 5.82 Å². The molecule has 5 nitrogen and oxygen atoms in total. The van der Waals surface area contributed by atoms with Gasteiger partial charge in [0.2, 0.25) is 5.88 Å². The molecular weight excluding hydrogens is 230 g/mol. The Balaban J connectivity index is 2.66. The molecule has 0 radical (unpaired) electrons. The van der Waals surface area contributed by atoms with Crippen molar-refractivity contribution in [1.29, 1.82) is 0 Å². The maximum absolute atomic E-state index is 8.78. The lowest BCUT2D eigenvalue weighted by Crippen LogP contribution is -2.17. The van der Waals surface area contributed by atoms with Crippen LogP contribution in [0.15, 0.2) is 12.1 Å². The van der Waals surface area contributed by atoms with E-state index in [-0.39, 0.29) is 18.8 Å². The molecule has 0 aliphatic rings. The molecule has 1 aromatic rings. The molecule has 102 valence electrons. The van der Waals surface area contributed by atoms with Crippen LogP contribution in [0, 0.1) is 0 Å². The molecule has 0 aliphatic carbocycles. The molecule has 0 aliphatic heterocycles. The lowest BCUT2D eigenvalue weighted by atomic mass is 10.2. The number of nitrogens with two attached hydrogens (primary N) is 1. The van der Waals surface area contributed by atoms with Crippen LogP contribution in [-0.4, -0.2) is 28.8 Å². The zero-order chi connectivity index (χ0) is 13.5. The number of anilines is 2. The molecule has 4 N–H and O–H groups in total. The highest BCUT2D eigenvalue weighted by molar-refractivity contribution is 5.53. The van der Waals surface area contributed by atoms with Crippen molar-refractivity contribution in [2.75, 3.05) is 17.7 Å². The van der Waals surface area contributed by atoms with Crippen LogP contribution in [0.5, 0.6) is 5.88 Å². The summed E-state index contributed by atoms with van der Waals surface area (Å²) in [5.74, 6) is 1.20. The van der Waals surface area contributed by atoms with Gasteiger partial charge in [-0.1, -0.05) is 0 Å². The van der Waals surface area contributed by atoms with Crippen LogP contribution in [0.25, 0.3) is 0 Å². The van der Waals surface area contributed by atoms with E-state index in [2.05, 4.69) is 17.2 Å². The summed E-state index contributed by atoms with van der Waals surface area (Å²) in [6.45, 7) is 6.13. The van der Waals surface area contributed by atoms with Crippen molar-refractivity contribution in [2.45, 2.75) is 45.8 Å². The third kappa shape index (κ3) is 4.79. The van der Waals surface area contributed by atoms with Crippen molar-refractivity contribution in [3.05, 3.63) is 12.1 Å². The first-order valence-corrected chi connectivity index (χ1v) is 6.33. The summed E-state index contributed by atoms with van der Waals surface area (Å²) in [7, 11) is 0. The van der Waals surface area contributed by atoms with Crippen molar-refractivity contribution in [1.82, 2.24) is 4.98 Å². The summed E-state index contributed by atoms with van der Waals surface area (Å²) in [4.78, 5) is 4.34. The van der Waals surface area contributed by atoms with E-state index >= 15 is 0 Å². The molecule has 0 saturated heterocycles. The Labute approximate surface area is 108 Å². The Morgan fingerprint density at radius 1 is 1.39 bits per heavy atom. The van der Waals surface area contributed by atoms with Crippen LogP contribution in [-0.2, 0) is 0 Å². The van der Waals surface area contributed by atoms with Gasteiger partial charge in [-0.3, -0.25) is 0 Å². The number of nitrogen functional groups attached to an aromatic ring is 1. The first-order chi connectivity index (χ1) is 8.52. The second-order valence-electron chi connectivity index (χ2n) is 4.67. The topological polar surface area (TPSA) is 80.4 Å². The summed E-state index contributed by atoms with van der Waals surface area (Å²) >= 11 is 0. The monoisotopic (exact) mass is 253 g/mol. The number of hydrogen-bond acceptors (Lipinski definition) is 5. The minimum Gasteiger partial charge on any atom is -0.473 e. The van der Waals surface area contributed by atoms with Gasteiger partial charge in [0, 0.05) is 12.6 Å². The smallest absolute Gasteiger partial charge is 0.239 e. The predicted molar refractivity (Wildman–Crippen MR) is 73.8 cm³/mol. The molecule has 1 atom stereocenters. The number of aliphatic hydroxyl groups excluding tert-OH is 1. The summed E-state index contributed by atoms with van der Waals surface area (Å²) in [6.07, 6.45) is 1.71. The quantitative estimate of drug-likeness (QED) is 0.692. The Morgan fingerprint density at radius 3 is 2.72 bits per heavy atom. The fourth-order valence-corrected chi connectivity index (χ4v) is 1.57. The van der Waals surface area contributed by atoms with Gasteiger partial charge < -0.3 is 20.9 Å². The van der Waals surface area contributed by atoms with E-state index in [1.807, 2.05) is 19.9 Å². The molecule has 1 rings (SSSR count). The molecule has 0 bridgehead atoms. The maximum Gasteiger partial charge on any atom is 0.239 e. The second kappa shape index (κ2) is 7.06. The first kappa shape index (κ1) is 14.6. The van der Waals surface area contributed by atoms with Gasteiger partial charge in [-0.05, 0) is 45.7 Å².